The number of rotatable bonds is 5. The third-order valence-electron chi connectivity index (χ3n) is 4.49. The van der Waals surface area contributed by atoms with Gasteiger partial charge in [0.1, 0.15) is 23.1 Å². The summed E-state index contributed by atoms with van der Waals surface area (Å²) in [6.07, 6.45) is 5.54. The smallest absolute Gasteiger partial charge is 0.182 e. The van der Waals surface area contributed by atoms with Crippen molar-refractivity contribution in [3.63, 3.8) is 0 Å². The van der Waals surface area contributed by atoms with Gasteiger partial charge in [-0.1, -0.05) is 0 Å². The molecule has 0 aliphatic heterocycles. The lowest BCUT2D eigenvalue weighted by molar-refractivity contribution is 0.547. The van der Waals surface area contributed by atoms with Crippen LogP contribution in [0, 0.1) is 6.92 Å². The van der Waals surface area contributed by atoms with Gasteiger partial charge in [-0.3, -0.25) is 9.36 Å². The first-order chi connectivity index (χ1) is 12.9. The zero-order valence-electron chi connectivity index (χ0n) is 16.2. The van der Waals surface area contributed by atoms with Gasteiger partial charge in [-0.15, -0.1) is 10.2 Å². The van der Waals surface area contributed by atoms with Crippen molar-refractivity contribution in [1.82, 2.24) is 39.3 Å². The van der Waals surface area contributed by atoms with E-state index in [4.69, 9.17) is 10.1 Å². The summed E-state index contributed by atoms with van der Waals surface area (Å²) in [6, 6.07) is 2.24. The number of nitrogens with zero attached hydrogens (tertiary/aromatic N) is 8. The summed E-state index contributed by atoms with van der Waals surface area (Å²) in [7, 11) is 3.83. The summed E-state index contributed by atoms with van der Waals surface area (Å²) in [5, 5.41) is 20.7. The third kappa shape index (κ3) is 3.05. The molecule has 0 aliphatic rings. The average molecular weight is 365 g/mol. The standard InChI is InChI=1S/C18H23N9/c1-11(2)27-17-14(19-7-13-8-21-26(5)9-13)6-15(18-23-20-10-25(18)4)22-16(17)12(3)24-27/h6,8-11H,7H2,1-5H3,(H,19,22). The van der Waals surface area contributed by atoms with E-state index in [0.717, 1.165) is 39.5 Å². The van der Waals surface area contributed by atoms with E-state index < -0.39 is 0 Å². The highest BCUT2D eigenvalue weighted by Gasteiger charge is 2.19. The second kappa shape index (κ2) is 6.49. The number of pyridine rings is 1. The number of aromatic nitrogens is 8. The Balaban J connectivity index is 1.85. The van der Waals surface area contributed by atoms with Gasteiger partial charge in [0.05, 0.1) is 17.6 Å². The predicted molar refractivity (Wildman–Crippen MR) is 103 cm³/mol. The van der Waals surface area contributed by atoms with Crippen molar-refractivity contribution in [2.24, 2.45) is 14.1 Å². The number of hydrogen-bond donors (Lipinski definition) is 1. The average Bonchev–Trinajstić information content (AvgIpc) is 3.32. The molecule has 0 saturated heterocycles. The maximum Gasteiger partial charge on any atom is 0.182 e. The van der Waals surface area contributed by atoms with E-state index in [2.05, 4.69) is 34.5 Å². The molecule has 9 heteroatoms. The van der Waals surface area contributed by atoms with E-state index in [-0.39, 0.29) is 6.04 Å². The highest BCUT2D eigenvalue weighted by Crippen LogP contribution is 2.31. The Kier molecular flexibility index (Phi) is 4.14. The molecule has 27 heavy (non-hydrogen) atoms. The van der Waals surface area contributed by atoms with Gasteiger partial charge in [-0.2, -0.15) is 10.2 Å². The van der Waals surface area contributed by atoms with Crippen LogP contribution in [-0.2, 0) is 20.6 Å². The lowest BCUT2D eigenvalue weighted by Crippen LogP contribution is -2.07. The zero-order chi connectivity index (χ0) is 19.1. The maximum atomic E-state index is 4.84. The first-order valence-electron chi connectivity index (χ1n) is 8.89. The molecule has 0 spiro atoms. The maximum absolute atomic E-state index is 4.84. The van der Waals surface area contributed by atoms with Crippen LogP contribution in [0.1, 0.15) is 31.1 Å². The van der Waals surface area contributed by atoms with Crippen molar-refractivity contribution >= 4 is 16.7 Å². The molecule has 4 rings (SSSR count). The largest absolute Gasteiger partial charge is 0.379 e. The number of aryl methyl sites for hydroxylation is 3. The molecule has 0 atom stereocenters. The van der Waals surface area contributed by atoms with E-state index >= 15 is 0 Å². The predicted octanol–water partition coefficient (Wildman–Crippen LogP) is 2.46. The fraction of sp³-hybridized carbons (Fsp3) is 0.389. The SMILES string of the molecule is Cc1nn(C(C)C)c2c(NCc3cnn(C)c3)cc(-c3nncn3C)nc12. The van der Waals surface area contributed by atoms with E-state index in [1.807, 2.05) is 48.7 Å². The van der Waals surface area contributed by atoms with Crippen molar-refractivity contribution in [1.29, 1.82) is 0 Å². The van der Waals surface area contributed by atoms with Crippen LogP contribution in [0.25, 0.3) is 22.6 Å². The van der Waals surface area contributed by atoms with Crippen LogP contribution >= 0.6 is 0 Å². The minimum atomic E-state index is 0.225. The topological polar surface area (TPSA) is 91.3 Å². The molecule has 0 unspecified atom stereocenters. The Hall–Kier alpha value is -3.23. The minimum Gasteiger partial charge on any atom is -0.379 e. The summed E-state index contributed by atoms with van der Waals surface area (Å²) < 4.78 is 5.68. The minimum absolute atomic E-state index is 0.225. The molecular formula is C18H23N9. The summed E-state index contributed by atoms with van der Waals surface area (Å²) >= 11 is 0. The lowest BCUT2D eigenvalue weighted by Gasteiger charge is -2.13. The van der Waals surface area contributed by atoms with Crippen molar-refractivity contribution in [3.8, 4) is 11.5 Å². The van der Waals surface area contributed by atoms with Gasteiger partial charge in [0.15, 0.2) is 5.82 Å². The number of anilines is 1. The van der Waals surface area contributed by atoms with Crippen LogP contribution in [0.15, 0.2) is 24.8 Å². The van der Waals surface area contributed by atoms with Gasteiger partial charge in [0.25, 0.3) is 0 Å². The Labute approximate surface area is 157 Å². The van der Waals surface area contributed by atoms with Crippen LogP contribution in [0.3, 0.4) is 0 Å². The van der Waals surface area contributed by atoms with E-state index in [1.165, 1.54) is 0 Å². The normalized spacial score (nSPS) is 11.6. The first-order valence-corrected chi connectivity index (χ1v) is 8.89. The second-order valence-corrected chi connectivity index (χ2v) is 7.02. The van der Waals surface area contributed by atoms with Crippen LogP contribution in [0.5, 0.6) is 0 Å². The quantitative estimate of drug-likeness (QED) is 0.584. The number of hydrogen-bond acceptors (Lipinski definition) is 6. The highest BCUT2D eigenvalue weighted by atomic mass is 15.3. The second-order valence-electron chi connectivity index (χ2n) is 7.02. The Morgan fingerprint density at radius 3 is 2.67 bits per heavy atom. The Bertz CT molecular complexity index is 1100. The van der Waals surface area contributed by atoms with E-state index in [1.54, 1.807) is 11.0 Å². The molecule has 9 nitrogen and oxygen atoms in total. The molecule has 0 aliphatic carbocycles. The molecule has 0 radical (unpaired) electrons. The van der Waals surface area contributed by atoms with Gasteiger partial charge in [-0.05, 0) is 26.8 Å². The van der Waals surface area contributed by atoms with Crippen molar-refractivity contribution in [2.75, 3.05) is 5.32 Å². The lowest BCUT2D eigenvalue weighted by atomic mass is 10.2. The summed E-state index contributed by atoms with van der Waals surface area (Å²) in [6.45, 7) is 6.88. The summed E-state index contributed by atoms with van der Waals surface area (Å²) in [5.41, 5.74) is 5.61. The monoisotopic (exact) mass is 365 g/mol. The van der Waals surface area contributed by atoms with Gasteiger partial charge in [-0.25, -0.2) is 4.98 Å². The summed E-state index contributed by atoms with van der Waals surface area (Å²) in [5.74, 6) is 0.720. The van der Waals surface area contributed by atoms with Crippen LogP contribution < -0.4 is 5.32 Å². The Morgan fingerprint density at radius 2 is 2.04 bits per heavy atom. The van der Waals surface area contributed by atoms with Crippen LogP contribution in [-0.4, -0.2) is 39.3 Å². The van der Waals surface area contributed by atoms with E-state index in [0.29, 0.717) is 6.54 Å². The summed E-state index contributed by atoms with van der Waals surface area (Å²) in [4.78, 5) is 4.84. The van der Waals surface area contributed by atoms with Crippen molar-refractivity contribution in [2.45, 2.75) is 33.4 Å². The molecule has 0 bridgehead atoms. The fourth-order valence-electron chi connectivity index (χ4n) is 3.18. The van der Waals surface area contributed by atoms with Crippen molar-refractivity contribution < 1.29 is 0 Å². The number of nitrogens with one attached hydrogen (secondary N) is 1. The zero-order valence-corrected chi connectivity index (χ0v) is 16.2. The molecule has 1 N–H and O–H groups in total. The molecule has 140 valence electrons. The molecule has 0 saturated carbocycles. The molecule has 0 fully saturated rings. The first kappa shape index (κ1) is 17.2. The van der Waals surface area contributed by atoms with Crippen molar-refractivity contribution in [3.05, 3.63) is 36.0 Å². The molecule has 0 amide bonds. The van der Waals surface area contributed by atoms with Gasteiger partial charge in [0.2, 0.25) is 0 Å². The molecule has 4 aromatic rings. The fourth-order valence-corrected chi connectivity index (χ4v) is 3.18. The third-order valence-corrected chi connectivity index (χ3v) is 4.49. The van der Waals surface area contributed by atoms with Crippen LogP contribution in [0.2, 0.25) is 0 Å². The molecule has 4 heterocycles. The molecular weight excluding hydrogens is 342 g/mol. The van der Waals surface area contributed by atoms with Gasteiger partial charge >= 0.3 is 0 Å². The van der Waals surface area contributed by atoms with Gasteiger partial charge < -0.3 is 9.88 Å². The highest BCUT2D eigenvalue weighted by molar-refractivity contribution is 5.92. The Morgan fingerprint density at radius 1 is 1.22 bits per heavy atom. The number of fused-ring (bicyclic) bond motifs is 1. The van der Waals surface area contributed by atoms with Gasteiger partial charge in [0, 0.05) is 38.4 Å². The van der Waals surface area contributed by atoms with E-state index in [9.17, 15) is 0 Å². The molecule has 0 aromatic carbocycles. The molecule has 4 aromatic heterocycles. The van der Waals surface area contributed by atoms with Crippen LogP contribution in [0.4, 0.5) is 5.69 Å².